The predicted octanol–water partition coefficient (Wildman–Crippen LogP) is 3.92. The first-order chi connectivity index (χ1) is 11.5. The first-order valence-electron chi connectivity index (χ1n) is 7.14. The number of nitrogens with zero attached hydrogens (tertiary/aromatic N) is 2. The van der Waals surface area contributed by atoms with Crippen molar-refractivity contribution in [3.05, 3.63) is 59.6 Å². The fourth-order valence-corrected chi connectivity index (χ4v) is 3.66. The Bertz CT molecular complexity index is 795. The van der Waals surface area contributed by atoms with Gasteiger partial charge in [-0.15, -0.1) is 0 Å². The lowest BCUT2D eigenvalue weighted by Crippen LogP contribution is -2.44. The van der Waals surface area contributed by atoms with E-state index in [9.17, 15) is 14.4 Å². The molecular weight excluding hydrogens is 348 g/mol. The molecule has 0 aromatic heterocycles. The number of anilines is 2. The number of thioether (sulfide) groups is 1. The topological polar surface area (TPSA) is 57.7 Å². The van der Waals surface area contributed by atoms with Crippen LogP contribution in [0.3, 0.4) is 0 Å². The summed E-state index contributed by atoms with van der Waals surface area (Å²) >= 11 is 6.69. The molecule has 24 heavy (non-hydrogen) atoms. The molecule has 2 aromatic carbocycles. The van der Waals surface area contributed by atoms with Crippen LogP contribution in [-0.4, -0.2) is 22.4 Å². The van der Waals surface area contributed by atoms with Gasteiger partial charge in [0.05, 0.1) is 5.69 Å². The summed E-state index contributed by atoms with van der Waals surface area (Å²) in [6.45, 7) is 1.36. The van der Waals surface area contributed by atoms with Gasteiger partial charge in [0.1, 0.15) is 0 Å². The number of rotatable bonds is 3. The smallest absolute Gasteiger partial charge is 0.290 e. The van der Waals surface area contributed by atoms with E-state index >= 15 is 0 Å². The van der Waals surface area contributed by atoms with Crippen LogP contribution in [0.1, 0.15) is 6.92 Å². The molecule has 0 spiro atoms. The molecule has 1 saturated heterocycles. The van der Waals surface area contributed by atoms with E-state index in [1.165, 1.54) is 11.8 Å². The lowest BCUT2D eigenvalue weighted by molar-refractivity contribution is -0.121. The van der Waals surface area contributed by atoms with Gasteiger partial charge in [-0.2, -0.15) is 0 Å². The molecule has 1 fully saturated rings. The molecule has 0 saturated carbocycles. The van der Waals surface area contributed by atoms with Crippen molar-refractivity contribution >= 4 is 51.8 Å². The van der Waals surface area contributed by atoms with Crippen molar-refractivity contribution in [2.45, 2.75) is 12.3 Å². The molecular formula is C17H13ClN2O3S. The van der Waals surface area contributed by atoms with Gasteiger partial charge < -0.3 is 0 Å². The summed E-state index contributed by atoms with van der Waals surface area (Å²) in [7, 11) is 0. The van der Waals surface area contributed by atoms with Crippen molar-refractivity contribution in [3.8, 4) is 0 Å². The minimum atomic E-state index is -0.934. The third-order valence-electron chi connectivity index (χ3n) is 3.52. The Morgan fingerprint density at radius 2 is 1.71 bits per heavy atom. The van der Waals surface area contributed by atoms with E-state index in [-0.39, 0.29) is 5.91 Å². The number of amides is 3. The van der Waals surface area contributed by atoms with Crippen molar-refractivity contribution < 1.29 is 14.4 Å². The standard InChI is InChI=1S/C17H13ClN2O3S/c1-11(21)19(14-9-7-12(18)8-10-14)16-15(22)20(17(23)24-16)13-5-3-2-4-6-13/h2-10,16H,1H3/t16-/m1/s1. The van der Waals surface area contributed by atoms with Crippen LogP contribution in [-0.2, 0) is 9.59 Å². The van der Waals surface area contributed by atoms with E-state index in [0.717, 1.165) is 16.7 Å². The van der Waals surface area contributed by atoms with Crippen molar-refractivity contribution in [2.24, 2.45) is 0 Å². The van der Waals surface area contributed by atoms with Gasteiger partial charge >= 0.3 is 0 Å². The van der Waals surface area contributed by atoms with Crippen molar-refractivity contribution in [1.29, 1.82) is 0 Å². The molecule has 0 N–H and O–H groups in total. The Morgan fingerprint density at radius 3 is 2.29 bits per heavy atom. The zero-order chi connectivity index (χ0) is 17.3. The predicted molar refractivity (Wildman–Crippen MR) is 95.3 cm³/mol. The second kappa shape index (κ2) is 6.67. The molecule has 0 bridgehead atoms. The summed E-state index contributed by atoms with van der Waals surface area (Å²) in [6, 6.07) is 15.2. The van der Waals surface area contributed by atoms with Gasteiger partial charge in [0.15, 0.2) is 5.37 Å². The summed E-state index contributed by atoms with van der Waals surface area (Å²) in [5.41, 5.74) is 1.00. The largest absolute Gasteiger partial charge is 0.295 e. The van der Waals surface area contributed by atoms with Gasteiger partial charge in [0.25, 0.3) is 11.1 Å². The highest BCUT2D eigenvalue weighted by Crippen LogP contribution is 2.36. The number of hydrogen-bond donors (Lipinski definition) is 0. The first kappa shape index (κ1) is 16.5. The monoisotopic (exact) mass is 360 g/mol. The minimum Gasteiger partial charge on any atom is -0.290 e. The van der Waals surface area contributed by atoms with E-state index in [1.54, 1.807) is 54.6 Å². The highest BCUT2D eigenvalue weighted by atomic mass is 35.5. The van der Waals surface area contributed by atoms with E-state index in [0.29, 0.717) is 16.4 Å². The first-order valence-corrected chi connectivity index (χ1v) is 8.40. The molecule has 1 aliphatic heterocycles. The van der Waals surface area contributed by atoms with Gasteiger partial charge in [0, 0.05) is 17.6 Å². The second-order valence-electron chi connectivity index (χ2n) is 5.11. The van der Waals surface area contributed by atoms with Crippen LogP contribution >= 0.6 is 23.4 Å². The number of para-hydroxylation sites is 1. The lowest BCUT2D eigenvalue weighted by atomic mass is 10.2. The van der Waals surface area contributed by atoms with Crippen LogP contribution in [0.25, 0.3) is 0 Å². The average molecular weight is 361 g/mol. The molecule has 3 amide bonds. The number of imide groups is 1. The fourth-order valence-electron chi connectivity index (χ4n) is 2.46. The van der Waals surface area contributed by atoms with Crippen LogP contribution in [0.4, 0.5) is 16.2 Å². The molecule has 1 aliphatic rings. The molecule has 1 heterocycles. The number of halogens is 1. The molecule has 1 atom stereocenters. The molecule has 2 aromatic rings. The van der Waals surface area contributed by atoms with Crippen LogP contribution in [0, 0.1) is 0 Å². The average Bonchev–Trinajstić information content (AvgIpc) is 2.84. The Kier molecular flexibility index (Phi) is 4.59. The maximum absolute atomic E-state index is 12.8. The second-order valence-corrected chi connectivity index (χ2v) is 6.58. The van der Waals surface area contributed by atoms with Gasteiger partial charge in [-0.1, -0.05) is 29.8 Å². The normalized spacial score (nSPS) is 17.2. The summed E-state index contributed by atoms with van der Waals surface area (Å²) in [5.74, 6) is -0.771. The van der Waals surface area contributed by atoms with Crippen LogP contribution in [0.2, 0.25) is 5.02 Å². The summed E-state index contributed by atoms with van der Waals surface area (Å²) < 4.78 is 0. The highest BCUT2D eigenvalue weighted by molar-refractivity contribution is 8.16. The third kappa shape index (κ3) is 3.02. The zero-order valence-corrected chi connectivity index (χ0v) is 14.3. The molecule has 0 unspecified atom stereocenters. The van der Waals surface area contributed by atoms with E-state index in [1.807, 2.05) is 0 Å². The molecule has 3 rings (SSSR count). The van der Waals surface area contributed by atoms with Crippen LogP contribution < -0.4 is 9.80 Å². The maximum Gasteiger partial charge on any atom is 0.295 e. The number of hydrogen-bond acceptors (Lipinski definition) is 4. The van der Waals surface area contributed by atoms with Crippen molar-refractivity contribution in [3.63, 3.8) is 0 Å². The summed E-state index contributed by atoms with van der Waals surface area (Å²) in [5, 5.41) is -0.817. The Labute approximate surface area is 148 Å². The number of benzene rings is 2. The third-order valence-corrected chi connectivity index (χ3v) is 4.79. The zero-order valence-electron chi connectivity index (χ0n) is 12.7. The highest BCUT2D eigenvalue weighted by Gasteiger charge is 2.45. The molecule has 7 heteroatoms. The fraction of sp³-hybridized carbons (Fsp3) is 0.118. The van der Waals surface area contributed by atoms with Crippen LogP contribution in [0.15, 0.2) is 54.6 Å². The minimum absolute atomic E-state index is 0.328. The lowest BCUT2D eigenvalue weighted by Gasteiger charge is -2.25. The van der Waals surface area contributed by atoms with Crippen LogP contribution in [0.5, 0.6) is 0 Å². The van der Waals surface area contributed by atoms with Crippen molar-refractivity contribution in [1.82, 2.24) is 0 Å². The van der Waals surface area contributed by atoms with E-state index in [4.69, 9.17) is 11.6 Å². The maximum atomic E-state index is 12.8. The summed E-state index contributed by atoms with van der Waals surface area (Å²) in [4.78, 5) is 39.6. The quantitative estimate of drug-likeness (QED) is 0.832. The Hall–Kier alpha value is -2.31. The van der Waals surface area contributed by atoms with E-state index in [2.05, 4.69) is 0 Å². The van der Waals surface area contributed by atoms with Gasteiger partial charge in [-0.3, -0.25) is 19.3 Å². The van der Waals surface area contributed by atoms with Gasteiger partial charge in [-0.05, 0) is 48.2 Å². The summed E-state index contributed by atoms with van der Waals surface area (Å²) in [6.07, 6.45) is 0. The Balaban J connectivity index is 1.95. The van der Waals surface area contributed by atoms with Crippen molar-refractivity contribution in [2.75, 3.05) is 9.80 Å². The SMILES string of the molecule is CC(=O)N(c1ccc(Cl)cc1)[C@@H]1SC(=O)N(c2ccccc2)C1=O. The molecule has 0 aliphatic carbocycles. The molecule has 5 nitrogen and oxygen atoms in total. The van der Waals surface area contributed by atoms with Gasteiger partial charge in [-0.25, -0.2) is 4.90 Å². The molecule has 122 valence electrons. The number of carbonyl (C=O) groups excluding carboxylic acids is 3. The number of carbonyl (C=O) groups is 3. The Morgan fingerprint density at radius 1 is 1.08 bits per heavy atom. The molecule has 0 radical (unpaired) electrons. The van der Waals surface area contributed by atoms with Gasteiger partial charge in [0.2, 0.25) is 5.91 Å². The van der Waals surface area contributed by atoms with E-state index < -0.39 is 16.5 Å².